The summed E-state index contributed by atoms with van der Waals surface area (Å²) in [5.74, 6) is 0. The second-order valence-corrected chi connectivity index (χ2v) is 7.93. The standard InChI is InChI=1S/C18H33N3O/c1-18(2,10-5-11-19)14-20-15-8-12-21(13-9-15)16-6-3-4-7-17(16)22/h15-17,20,22H,3-10,12-14H2,1-2H3. The molecule has 2 unspecified atom stereocenters. The average molecular weight is 307 g/mol. The molecule has 1 saturated carbocycles. The molecule has 22 heavy (non-hydrogen) atoms. The second-order valence-electron chi connectivity index (χ2n) is 7.93. The molecule has 0 amide bonds. The Balaban J connectivity index is 1.70. The maximum absolute atomic E-state index is 10.2. The lowest BCUT2D eigenvalue weighted by Crippen LogP contribution is -2.52. The summed E-state index contributed by atoms with van der Waals surface area (Å²) in [6.45, 7) is 7.69. The van der Waals surface area contributed by atoms with Gasteiger partial charge >= 0.3 is 0 Å². The number of aliphatic hydroxyl groups is 1. The predicted molar refractivity (Wildman–Crippen MR) is 89.5 cm³/mol. The quantitative estimate of drug-likeness (QED) is 0.792. The number of likely N-dealkylation sites (tertiary alicyclic amines) is 1. The first kappa shape index (κ1) is 17.7. The van der Waals surface area contributed by atoms with Crippen LogP contribution in [0.25, 0.3) is 0 Å². The molecule has 4 nitrogen and oxygen atoms in total. The van der Waals surface area contributed by atoms with E-state index in [-0.39, 0.29) is 11.5 Å². The van der Waals surface area contributed by atoms with Crippen molar-refractivity contribution in [2.45, 2.75) is 83.4 Å². The molecular formula is C18H33N3O. The van der Waals surface area contributed by atoms with Crippen LogP contribution in [0.4, 0.5) is 0 Å². The summed E-state index contributed by atoms with van der Waals surface area (Å²) in [7, 11) is 0. The number of rotatable bonds is 6. The Bertz CT molecular complexity index is 369. The number of hydrogen-bond acceptors (Lipinski definition) is 4. The summed E-state index contributed by atoms with van der Waals surface area (Å²) >= 11 is 0. The molecule has 2 atom stereocenters. The average Bonchev–Trinajstić information content (AvgIpc) is 2.52. The smallest absolute Gasteiger partial charge is 0.0695 e. The lowest BCUT2D eigenvalue weighted by molar-refractivity contribution is 0.00675. The van der Waals surface area contributed by atoms with E-state index >= 15 is 0 Å². The zero-order chi connectivity index (χ0) is 16.0. The summed E-state index contributed by atoms with van der Waals surface area (Å²) < 4.78 is 0. The molecule has 2 aliphatic rings. The first-order valence-electron chi connectivity index (χ1n) is 9.04. The SMILES string of the molecule is CC(C)(CCC#N)CNC1CCN(C2CCCCC2O)CC1. The molecule has 0 radical (unpaired) electrons. The molecule has 1 aliphatic carbocycles. The summed E-state index contributed by atoms with van der Waals surface area (Å²) in [5, 5.41) is 22.6. The van der Waals surface area contributed by atoms with E-state index in [1.165, 1.54) is 32.1 Å². The Labute approximate surface area is 135 Å². The van der Waals surface area contributed by atoms with E-state index in [2.05, 4.69) is 30.1 Å². The zero-order valence-electron chi connectivity index (χ0n) is 14.4. The van der Waals surface area contributed by atoms with Gasteiger partial charge in [0.2, 0.25) is 0 Å². The van der Waals surface area contributed by atoms with E-state index in [4.69, 9.17) is 5.26 Å². The van der Waals surface area contributed by atoms with E-state index < -0.39 is 0 Å². The first-order valence-corrected chi connectivity index (χ1v) is 9.04. The van der Waals surface area contributed by atoms with Crippen molar-refractivity contribution in [3.8, 4) is 6.07 Å². The van der Waals surface area contributed by atoms with Crippen molar-refractivity contribution in [3.63, 3.8) is 0 Å². The zero-order valence-corrected chi connectivity index (χ0v) is 14.4. The van der Waals surface area contributed by atoms with Crippen LogP contribution >= 0.6 is 0 Å². The molecule has 0 aromatic heterocycles. The van der Waals surface area contributed by atoms with Gasteiger partial charge < -0.3 is 10.4 Å². The Morgan fingerprint density at radius 1 is 1.18 bits per heavy atom. The lowest BCUT2D eigenvalue weighted by Gasteiger charge is -2.42. The van der Waals surface area contributed by atoms with Gasteiger partial charge in [0.15, 0.2) is 0 Å². The van der Waals surface area contributed by atoms with E-state index in [1.54, 1.807) is 0 Å². The molecule has 2 N–H and O–H groups in total. The van der Waals surface area contributed by atoms with Crippen molar-refractivity contribution in [1.29, 1.82) is 5.26 Å². The molecule has 4 heteroatoms. The van der Waals surface area contributed by atoms with Crippen LogP contribution in [-0.2, 0) is 0 Å². The summed E-state index contributed by atoms with van der Waals surface area (Å²) in [6.07, 6.45) is 8.46. The van der Waals surface area contributed by atoms with Crippen LogP contribution in [0.1, 0.15) is 65.2 Å². The maximum Gasteiger partial charge on any atom is 0.0695 e. The first-order chi connectivity index (χ1) is 10.5. The third kappa shape index (κ3) is 5.22. The molecule has 0 aromatic rings. The molecule has 126 valence electrons. The Kier molecular flexibility index (Phi) is 6.67. The second kappa shape index (κ2) is 8.29. The number of aliphatic hydroxyl groups excluding tert-OH is 1. The molecule has 2 fully saturated rings. The molecule has 1 heterocycles. The molecule has 1 aliphatic heterocycles. The topological polar surface area (TPSA) is 59.3 Å². The third-order valence-electron chi connectivity index (χ3n) is 5.48. The van der Waals surface area contributed by atoms with Crippen molar-refractivity contribution in [2.24, 2.45) is 5.41 Å². The van der Waals surface area contributed by atoms with Gasteiger partial charge in [-0.1, -0.05) is 26.7 Å². The van der Waals surface area contributed by atoms with Crippen LogP contribution < -0.4 is 5.32 Å². The highest BCUT2D eigenvalue weighted by Gasteiger charge is 2.31. The molecule has 1 saturated heterocycles. The van der Waals surface area contributed by atoms with Crippen molar-refractivity contribution >= 4 is 0 Å². The van der Waals surface area contributed by atoms with Crippen molar-refractivity contribution in [2.75, 3.05) is 19.6 Å². The van der Waals surface area contributed by atoms with Gasteiger partial charge in [-0.3, -0.25) is 4.90 Å². The lowest BCUT2D eigenvalue weighted by atomic mass is 9.87. The van der Waals surface area contributed by atoms with Gasteiger partial charge in [0, 0.05) is 38.1 Å². The van der Waals surface area contributed by atoms with Crippen LogP contribution in [0.15, 0.2) is 0 Å². The minimum absolute atomic E-state index is 0.108. The number of nitrogens with zero attached hydrogens (tertiary/aromatic N) is 2. The number of nitriles is 1. The Hall–Kier alpha value is -0.630. The Morgan fingerprint density at radius 2 is 1.86 bits per heavy atom. The monoisotopic (exact) mass is 307 g/mol. The van der Waals surface area contributed by atoms with E-state index in [0.717, 1.165) is 32.5 Å². The van der Waals surface area contributed by atoms with E-state index in [9.17, 15) is 5.11 Å². The fraction of sp³-hybridized carbons (Fsp3) is 0.944. The highest BCUT2D eigenvalue weighted by atomic mass is 16.3. The van der Waals surface area contributed by atoms with Gasteiger partial charge in [0.25, 0.3) is 0 Å². The summed E-state index contributed by atoms with van der Waals surface area (Å²) in [4.78, 5) is 2.52. The van der Waals surface area contributed by atoms with Crippen LogP contribution in [0, 0.1) is 16.7 Å². The fourth-order valence-electron chi connectivity index (χ4n) is 3.86. The molecule has 0 bridgehead atoms. The minimum Gasteiger partial charge on any atom is -0.391 e. The van der Waals surface area contributed by atoms with Gasteiger partial charge in [0.05, 0.1) is 12.2 Å². The minimum atomic E-state index is -0.108. The predicted octanol–water partition coefficient (Wildman–Crippen LogP) is 2.67. The van der Waals surface area contributed by atoms with Crippen molar-refractivity contribution in [3.05, 3.63) is 0 Å². The normalized spacial score (nSPS) is 28.5. The van der Waals surface area contributed by atoms with Gasteiger partial charge in [-0.25, -0.2) is 0 Å². The third-order valence-corrected chi connectivity index (χ3v) is 5.48. The van der Waals surface area contributed by atoms with Gasteiger partial charge in [0.1, 0.15) is 0 Å². The van der Waals surface area contributed by atoms with Crippen LogP contribution in [-0.4, -0.2) is 47.8 Å². The number of piperidine rings is 1. The molecule has 0 aromatic carbocycles. The van der Waals surface area contributed by atoms with Gasteiger partial charge in [-0.15, -0.1) is 0 Å². The molecule has 2 rings (SSSR count). The fourth-order valence-corrected chi connectivity index (χ4v) is 3.86. The summed E-state index contributed by atoms with van der Waals surface area (Å²) in [6, 6.07) is 3.25. The Morgan fingerprint density at radius 3 is 2.50 bits per heavy atom. The van der Waals surface area contributed by atoms with E-state index in [0.29, 0.717) is 18.5 Å². The van der Waals surface area contributed by atoms with Crippen LogP contribution in [0.3, 0.4) is 0 Å². The van der Waals surface area contributed by atoms with Crippen LogP contribution in [0.5, 0.6) is 0 Å². The maximum atomic E-state index is 10.2. The number of nitrogens with one attached hydrogen (secondary N) is 1. The molecular weight excluding hydrogens is 274 g/mol. The highest BCUT2D eigenvalue weighted by Crippen LogP contribution is 2.26. The molecule has 0 spiro atoms. The van der Waals surface area contributed by atoms with E-state index in [1.807, 2.05) is 0 Å². The van der Waals surface area contributed by atoms with Crippen molar-refractivity contribution < 1.29 is 5.11 Å². The summed E-state index contributed by atoms with van der Waals surface area (Å²) in [5.41, 5.74) is 0.201. The largest absolute Gasteiger partial charge is 0.391 e. The van der Waals surface area contributed by atoms with Crippen molar-refractivity contribution in [1.82, 2.24) is 10.2 Å². The van der Waals surface area contributed by atoms with Crippen LogP contribution in [0.2, 0.25) is 0 Å². The van der Waals surface area contributed by atoms with Gasteiger partial charge in [-0.05, 0) is 37.5 Å². The van der Waals surface area contributed by atoms with Gasteiger partial charge in [-0.2, -0.15) is 5.26 Å². The number of hydrogen-bond donors (Lipinski definition) is 2. The highest BCUT2D eigenvalue weighted by molar-refractivity contribution is 4.88.